The lowest BCUT2D eigenvalue weighted by Gasteiger charge is -2.31. The number of fused-ring (bicyclic) bond motifs is 1. The standard InChI is InChI=1S/C24H28N2O/c1-5-17(3)26-21(14-15-22(26)27)23-19-8-6-7-9-20(19)25(4)24(23)18-12-10-16(2)11-13-18/h6-13,17,21H,5,14-15H2,1-4H3/t17-,21-/m1/s1. The average Bonchev–Trinajstić information content (AvgIpc) is 3.20. The predicted molar refractivity (Wildman–Crippen MR) is 112 cm³/mol. The predicted octanol–water partition coefficient (Wildman–Crippen LogP) is 5.62. The van der Waals surface area contributed by atoms with E-state index in [9.17, 15) is 4.79 Å². The molecule has 3 nitrogen and oxygen atoms in total. The maximum Gasteiger partial charge on any atom is 0.223 e. The van der Waals surface area contributed by atoms with Crippen molar-refractivity contribution in [2.24, 2.45) is 7.05 Å². The van der Waals surface area contributed by atoms with Crippen LogP contribution in [0.5, 0.6) is 0 Å². The minimum Gasteiger partial charge on any atom is -0.343 e. The van der Waals surface area contributed by atoms with Crippen LogP contribution < -0.4 is 0 Å². The second-order valence-electron chi connectivity index (χ2n) is 7.82. The summed E-state index contributed by atoms with van der Waals surface area (Å²) in [6.07, 6.45) is 2.52. The fourth-order valence-electron chi connectivity index (χ4n) is 4.56. The van der Waals surface area contributed by atoms with Gasteiger partial charge in [0.1, 0.15) is 0 Å². The molecule has 4 rings (SSSR count). The number of carbonyl (C=O) groups is 1. The lowest BCUT2D eigenvalue weighted by molar-refractivity contribution is -0.131. The van der Waals surface area contributed by atoms with E-state index in [-0.39, 0.29) is 18.0 Å². The molecule has 0 bridgehead atoms. The number of benzene rings is 2. The fourth-order valence-corrected chi connectivity index (χ4v) is 4.56. The van der Waals surface area contributed by atoms with E-state index in [1.807, 2.05) is 0 Å². The van der Waals surface area contributed by atoms with Crippen LogP contribution in [0.25, 0.3) is 22.2 Å². The van der Waals surface area contributed by atoms with Crippen molar-refractivity contribution < 1.29 is 4.79 Å². The van der Waals surface area contributed by atoms with E-state index in [2.05, 4.69) is 85.8 Å². The Morgan fingerprint density at radius 2 is 1.81 bits per heavy atom. The molecule has 0 saturated carbocycles. The Bertz CT molecular complexity index is 984. The van der Waals surface area contributed by atoms with Crippen molar-refractivity contribution in [2.75, 3.05) is 0 Å². The van der Waals surface area contributed by atoms with Crippen LogP contribution in [0.3, 0.4) is 0 Å². The number of amides is 1. The number of hydrogen-bond acceptors (Lipinski definition) is 1. The highest BCUT2D eigenvalue weighted by molar-refractivity contribution is 5.93. The van der Waals surface area contributed by atoms with E-state index in [1.54, 1.807) is 0 Å². The van der Waals surface area contributed by atoms with E-state index in [0.29, 0.717) is 6.42 Å². The molecule has 1 aliphatic heterocycles. The summed E-state index contributed by atoms with van der Waals surface area (Å²) in [5, 5.41) is 1.27. The average molecular weight is 361 g/mol. The van der Waals surface area contributed by atoms with Crippen molar-refractivity contribution >= 4 is 16.8 Å². The molecule has 2 heterocycles. The molecule has 3 aromatic rings. The van der Waals surface area contributed by atoms with E-state index < -0.39 is 0 Å². The number of rotatable bonds is 4. The summed E-state index contributed by atoms with van der Waals surface area (Å²) < 4.78 is 2.30. The van der Waals surface area contributed by atoms with Gasteiger partial charge in [0.05, 0.1) is 11.7 Å². The summed E-state index contributed by atoms with van der Waals surface area (Å²) in [7, 11) is 2.14. The van der Waals surface area contributed by atoms with Crippen LogP contribution >= 0.6 is 0 Å². The molecule has 2 atom stereocenters. The van der Waals surface area contributed by atoms with Gasteiger partial charge in [-0.05, 0) is 38.3 Å². The Morgan fingerprint density at radius 1 is 1.11 bits per heavy atom. The van der Waals surface area contributed by atoms with Gasteiger partial charge in [0.15, 0.2) is 0 Å². The first-order valence-electron chi connectivity index (χ1n) is 9.98. The van der Waals surface area contributed by atoms with Crippen LogP contribution in [0.15, 0.2) is 48.5 Å². The van der Waals surface area contributed by atoms with Gasteiger partial charge in [-0.2, -0.15) is 0 Å². The van der Waals surface area contributed by atoms with Gasteiger partial charge in [-0.25, -0.2) is 0 Å². The molecule has 0 N–H and O–H groups in total. The zero-order chi connectivity index (χ0) is 19.1. The molecule has 0 unspecified atom stereocenters. The third kappa shape index (κ3) is 2.86. The summed E-state index contributed by atoms with van der Waals surface area (Å²) in [4.78, 5) is 14.9. The highest BCUT2D eigenvalue weighted by Gasteiger charge is 2.38. The first kappa shape index (κ1) is 17.8. The summed E-state index contributed by atoms with van der Waals surface area (Å²) in [6, 6.07) is 17.7. The zero-order valence-corrected chi connectivity index (χ0v) is 16.7. The van der Waals surface area contributed by atoms with Gasteiger partial charge in [-0.1, -0.05) is 55.0 Å². The van der Waals surface area contributed by atoms with E-state index >= 15 is 0 Å². The molecule has 1 fully saturated rings. The summed E-state index contributed by atoms with van der Waals surface area (Å²) in [5.74, 6) is 0.289. The minimum atomic E-state index is 0.148. The number of nitrogens with zero attached hydrogens (tertiary/aromatic N) is 2. The highest BCUT2D eigenvalue weighted by Crippen LogP contribution is 2.44. The van der Waals surface area contributed by atoms with Crippen molar-refractivity contribution in [3.05, 3.63) is 59.7 Å². The number of hydrogen-bond donors (Lipinski definition) is 0. The van der Waals surface area contributed by atoms with E-state index in [1.165, 1.54) is 33.3 Å². The molecular formula is C24H28N2O. The maximum absolute atomic E-state index is 12.7. The number of aromatic nitrogens is 1. The van der Waals surface area contributed by atoms with Gasteiger partial charge in [-0.3, -0.25) is 4.79 Å². The molecule has 1 aromatic heterocycles. The Kier molecular flexibility index (Phi) is 4.55. The van der Waals surface area contributed by atoms with Gasteiger partial charge in [0.2, 0.25) is 5.91 Å². The lowest BCUT2D eigenvalue weighted by Crippen LogP contribution is -2.35. The smallest absolute Gasteiger partial charge is 0.223 e. The van der Waals surface area contributed by atoms with Crippen molar-refractivity contribution in [1.82, 2.24) is 9.47 Å². The third-order valence-corrected chi connectivity index (χ3v) is 6.13. The first-order chi connectivity index (χ1) is 13.0. The van der Waals surface area contributed by atoms with Gasteiger partial charge in [-0.15, -0.1) is 0 Å². The first-order valence-corrected chi connectivity index (χ1v) is 9.98. The molecule has 140 valence electrons. The summed E-state index contributed by atoms with van der Waals surface area (Å²) in [6.45, 7) is 6.46. The number of carbonyl (C=O) groups excluding carboxylic acids is 1. The molecule has 27 heavy (non-hydrogen) atoms. The fraction of sp³-hybridized carbons (Fsp3) is 0.375. The Hall–Kier alpha value is -2.55. The quantitative estimate of drug-likeness (QED) is 0.593. The normalized spacial score (nSPS) is 18.4. The Labute approximate surface area is 161 Å². The van der Waals surface area contributed by atoms with Gasteiger partial charge in [0, 0.05) is 36.0 Å². The third-order valence-electron chi connectivity index (χ3n) is 6.13. The largest absolute Gasteiger partial charge is 0.343 e. The van der Waals surface area contributed by atoms with E-state index in [0.717, 1.165) is 12.8 Å². The van der Waals surface area contributed by atoms with Gasteiger partial charge < -0.3 is 9.47 Å². The van der Waals surface area contributed by atoms with Crippen molar-refractivity contribution in [3.63, 3.8) is 0 Å². The van der Waals surface area contributed by atoms with E-state index in [4.69, 9.17) is 0 Å². The molecule has 1 aliphatic rings. The number of para-hydroxylation sites is 1. The molecule has 0 radical (unpaired) electrons. The SMILES string of the molecule is CC[C@@H](C)N1C(=O)CC[C@@H]1c1c(-c2ccc(C)cc2)n(C)c2ccccc12. The second-order valence-corrected chi connectivity index (χ2v) is 7.82. The molecule has 0 spiro atoms. The van der Waals surface area contributed by atoms with Gasteiger partial charge >= 0.3 is 0 Å². The molecule has 3 heteroatoms. The topological polar surface area (TPSA) is 25.2 Å². The lowest BCUT2D eigenvalue weighted by atomic mass is 9.96. The summed E-state index contributed by atoms with van der Waals surface area (Å²) in [5.41, 5.74) is 6.26. The molecular weight excluding hydrogens is 332 g/mol. The van der Waals surface area contributed by atoms with Gasteiger partial charge in [0.25, 0.3) is 0 Å². The van der Waals surface area contributed by atoms with Crippen LogP contribution in [0.4, 0.5) is 0 Å². The van der Waals surface area contributed by atoms with Crippen LogP contribution in [-0.4, -0.2) is 21.4 Å². The molecule has 1 amide bonds. The monoisotopic (exact) mass is 360 g/mol. The maximum atomic E-state index is 12.7. The van der Waals surface area contributed by atoms with Crippen LogP contribution in [-0.2, 0) is 11.8 Å². The molecule has 1 saturated heterocycles. The van der Waals surface area contributed by atoms with Crippen LogP contribution in [0, 0.1) is 6.92 Å². The van der Waals surface area contributed by atoms with Crippen LogP contribution in [0.2, 0.25) is 0 Å². The Morgan fingerprint density at radius 3 is 2.52 bits per heavy atom. The Balaban J connectivity index is 1.98. The molecule has 0 aliphatic carbocycles. The summed E-state index contributed by atoms with van der Waals surface area (Å²) >= 11 is 0. The number of aryl methyl sites for hydroxylation is 2. The highest BCUT2D eigenvalue weighted by atomic mass is 16.2. The van der Waals surface area contributed by atoms with Crippen molar-refractivity contribution in [2.45, 2.75) is 52.1 Å². The van der Waals surface area contributed by atoms with Crippen molar-refractivity contribution in [1.29, 1.82) is 0 Å². The number of likely N-dealkylation sites (tertiary alicyclic amines) is 1. The molecule has 2 aromatic carbocycles. The zero-order valence-electron chi connectivity index (χ0n) is 16.7. The van der Waals surface area contributed by atoms with Crippen molar-refractivity contribution in [3.8, 4) is 11.3 Å². The van der Waals surface area contributed by atoms with Crippen LogP contribution in [0.1, 0.15) is 50.3 Å². The second kappa shape index (κ2) is 6.88. The minimum absolute atomic E-state index is 0.148.